The number of rotatable bonds is 10. The lowest BCUT2D eigenvalue weighted by molar-refractivity contribution is -0.121. The second-order valence-corrected chi connectivity index (χ2v) is 10.7. The largest absolute Gasteiger partial charge is 0.384 e. The molecule has 2 N–H and O–H groups in total. The Morgan fingerprint density at radius 3 is 2.55 bits per heavy atom. The Hall–Kier alpha value is -2.10. The van der Waals surface area contributed by atoms with Crippen molar-refractivity contribution >= 4 is 67.3 Å². The molecule has 3 rings (SSSR count). The lowest BCUT2D eigenvalue weighted by atomic mass is 10.2. The van der Waals surface area contributed by atoms with Crippen molar-refractivity contribution in [3.8, 4) is 0 Å². The smallest absolute Gasteiger partial charge is 0.235 e. The molecule has 0 saturated heterocycles. The van der Waals surface area contributed by atoms with Gasteiger partial charge in [-0.2, -0.15) is 4.31 Å². The third-order valence-electron chi connectivity index (χ3n) is 4.83. The molecule has 0 fully saturated rings. The fourth-order valence-corrected chi connectivity index (χ4v) is 4.39. The molecular weight excluding hydrogens is 507 g/mol. The highest BCUT2D eigenvalue weighted by atomic mass is 35.5. The Labute approximate surface area is 208 Å². The summed E-state index contributed by atoms with van der Waals surface area (Å²) in [5.41, 5.74) is 2.36. The number of hydrogen-bond donors (Lipinski definition) is 2. The quantitative estimate of drug-likeness (QED) is 0.375. The first-order valence-corrected chi connectivity index (χ1v) is 13.1. The van der Waals surface area contributed by atoms with Crippen LogP contribution in [0.5, 0.6) is 0 Å². The third kappa shape index (κ3) is 7.45. The molecule has 1 heterocycles. The number of anilines is 1. The first kappa shape index (κ1) is 25.5. The third-order valence-corrected chi connectivity index (χ3v) is 7.00. The highest BCUT2D eigenvalue weighted by Gasteiger charge is 2.20. The first-order chi connectivity index (χ1) is 15.6. The highest BCUT2D eigenvalue weighted by molar-refractivity contribution is 7.88. The molecule has 7 nitrogen and oxygen atoms in total. The monoisotopic (exact) mass is 528 g/mol. The van der Waals surface area contributed by atoms with E-state index in [1.807, 2.05) is 18.2 Å². The zero-order chi connectivity index (χ0) is 24.0. The van der Waals surface area contributed by atoms with Gasteiger partial charge in [0, 0.05) is 41.9 Å². The second kappa shape index (κ2) is 11.4. The number of benzene rings is 2. The maximum Gasteiger partial charge on any atom is 0.235 e. The molecule has 1 amide bonds. The molecular formula is C22H23Cl3N4O3S. The number of nitrogens with one attached hydrogen (secondary N) is 2. The van der Waals surface area contributed by atoms with Gasteiger partial charge >= 0.3 is 0 Å². The summed E-state index contributed by atoms with van der Waals surface area (Å²) in [5, 5.41) is 8.36. The summed E-state index contributed by atoms with van der Waals surface area (Å²) in [6.07, 6.45) is 3.42. The van der Waals surface area contributed by atoms with Crippen LogP contribution in [0.4, 0.5) is 5.69 Å². The lowest BCUT2D eigenvalue weighted by Gasteiger charge is -2.20. The first-order valence-electron chi connectivity index (χ1n) is 10.1. The predicted octanol–water partition coefficient (Wildman–Crippen LogP) is 4.58. The van der Waals surface area contributed by atoms with E-state index in [1.54, 1.807) is 30.5 Å². The average molecular weight is 530 g/mol. The second-order valence-electron chi connectivity index (χ2n) is 7.43. The van der Waals surface area contributed by atoms with Crippen molar-refractivity contribution in [1.29, 1.82) is 0 Å². The maximum atomic E-state index is 12.3. The van der Waals surface area contributed by atoms with Crippen LogP contribution in [0, 0.1) is 0 Å². The van der Waals surface area contributed by atoms with Crippen LogP contribution in [0.2, 0.25) is 15.1 Å². The van der Waals surface area contributed by atoms with Gasteiger partial charge in [-0.3, -0.25) is 9.78 Å². The molecule has 0 unspecified atom stereocenters. The van der Waals surface area contributed by atoms with Crippen LogP contribution in [0.25, 0.3) is 10.9 Å². The highest BCUT2D eigenvalue weighted by Crippen LogP contribution is 2.25. The molecule has 0 aliphatic carbocycles. The predicted molar refractivity (Wildman–Crippen MR) is 135 cm³/mol. The van der Waals surface area contributed by atoms with Crippen LogP contribution >= 0.6 is 34.8 Å². The van der Waals surface area contributed by atoms with Crippen LogP contribution in [0.3, 0.4) is 0 Å². The van der Waals surface area contributed by atoms with Crippen LogP contribution in [-0.2, 0) is 21.4 Å². The lowest BCUT2D eigenvalue weighted by Crippen LogP contribution is -2.40. The Balaban J connectivity index is 1.49. The molecule has 0 saturated carbocycles. The topological polar surface area (TPSA) is 91.4 Å². The molecule has 176 valence electrons. The number of hydrogen-bond acceptors (Lipinski definition) is 5. The van der Waals surface area contributed by atoms with Crippen LogP contribution in [0.15, 0.2) is 48.7 Å². The molecule has 0 spiro atoms. The van der Waals surface area contributed by atoms with Gasteiger partial charge in [0.15, 0.2) is 0 Å². The Morgan fingerprint density at radius 1 is 1.03 bits per heavy atom. The van der Waals surface area contributed by atoms with Crippen molar-refractivity contribution in [3.63, 3.8) is 0 Å². The number of sulfonamides is 1. The number of nitrogens with zero attached hydrogens (tertiary/aromatic N) is 2. The molecule has 0 aliphatic rings. The Bertz CT molecular complexity index is 1250. The molecule has 0 aliphatic heterocycles. The summed E-state index contributed by atoms with van der Waals surface area (Å²) in [7, 11) is -3.61. The number of aromatic nitrogens is 1. The number of halogens is 3. The summed E-state index contributed by atoms with van der Waals surface area (Å²) in [6.45, 7) is 0.734. The number of amides is 1. The van der Waals surface area contributed by atoms with E-state index in [4.69, 9.17) is 34.8 Å². The van der Waals surface area contributed by atoms with Crippen molar-refractivity contribution in [2.24, 2.45) is 0 Å². The van der Waals surface area contributed by atoms with Crippen molar-refractivity contribution < 1.29 is 13.2 Å². The van der Waals surface area contributed by atoms with Crippen molar-refractivity contribution in [1.82, 2.24) is 14.6 Å². The van der Waals surface area contributed by atoms with Gasteiger partial charge in [0.2, 0.25) is 15.9 Å². The number of pyridine rings is 1. The van der Waals surface area contributed by atoms with Gasteiger partial charge in [0.05, 0.1) is 28.4 Å². The average Bonchev–Trinajstić information content (AvgIpc) is 2.74. The zero-order valence-corrected chi connectivity index (χ0v) is 20.9. The summed E-state index contributed by atoms with van der Waals surface area (Å²) in [4.78, 5) is 16.7. The fourth-order valence-electron chi connectivity index (χ4n) is 3.16. The van der Waals surface area contributed by atoms with Gasteiger partial charge < -0.3 is 10.6 Å². The van der Waals surface area contributed by atoms with Gasteiger partial charge in [0.1, 0.15) is 0 Å². The molecule has 2 aromatic carbocycles. The van der Waals surface area contributed by atoms with Crippen LogP contribution in [0.1, 0.15) is 12.0 Å². The van der Waals surface area contributed by atoms with Crippen LogP contribution in [-0.4, -0.2) is 49.5 Å². The normalized spacial score (nSPS) is 11.7. The fraction of sp³-hybridized carbons (Fsp3) is 0.273. The molecule has 0 atom stereocenters. The van der Waals surface area contributed by atoms with E-state index in [0.717, 1.165) is 27.2 Å². The van der Waals surface area contributed by atoms with E-state index in [1.165, 1.54) is 0 Å². The van der Waals surface area contributed by atoms with Crippen molar-refractivity contribution in [2.75, 3.05) is 31.2 Å². The Kier molecular flexibility index (Phi) is 8.78. The summed E-state index contributed by atoms with van der Waals surface area (Å²) in [6, 6.07) is 12.2. The molecule has 33 heavy (non-hydrogen) atoms. The standard InChI is InChI=1S/C22H23Cl3N4O3S/c1-33(31,32)29(13-15-3-6-18(24)19(25)11-15)14-22(30)28-9-2-8-26-20-7-10-27-21-12-16(23)4-5-17(20)21/h3-7,10-12H,2,8-9,13-14H2,1H3,(H,26,27)(H,28,30). The molecule has 1 aromatic heterocycles. The van der Waals surface area contributed by atoms with Crippen molar-refractivity contribution in [3.05, 3.63) is 69.3 Å². The number of carbonyl (C=O) groups is 1. The summed E-state index contributed by atoms with van der Waals surface area (Å²) < 4.78 is 25.4. The van der Waals surface area contributed by atoms with Crippen LogP contribution < -0.4 is 10.6 Å². The molecule has 0 bridgehead atoms. The SMILES string of the molecule is CS(=O)(=O)N(CC(=O)NCCCNc1ccnc2cc(Cl)ccc12)Cc1ccc(Cl)c(Cl)c1. The van der Waals surface area contributed by atoms with Crippen molar-refractivity contribution in [2.45, 2.75) is 13.0 Å². The van der Waals surface area contributed by atoms with Gasteiger partial charge in [-0.15, -0.1) is 0 Å². The van der Waals surface area contributed by atoms with E-state index >= 15 is 0 Å². The van der Waals surface area contributed by atoms with E-state index < -0.39 is 10.0 Å². The van der Waals surface area contributed by atoms with E-state index in [-0.39, 0.29) is 19.0 Å². The van der Waals surface area contributed by atoms with Gasteiger partial charge in [-0.1, -0.05) is 40.9 Å². The molecule has 3 aromatic rings. The summed E-state index contributed by atoms with van der Waals surface area (Å²) in [5.74, 6) is -0.385. The minimum Gasteiger partial charge on any atom is -0.384 e. The minimum absolute atomic E-state index is 0.0177. The van der Waals surface area contributed by atoms with Gasteiger partial charge in [-0.25, -0.2) is 8.42 Å². The summed E-state index contributed by atoms with van der Waals surface area (Å²) >= 11 is 17.9. The van der Waals surface area contributed by atoms with Gasteiger partial charge in [-0.05, 0) is 48.4 Å². The van der Waals surface area contributed by atoms with E-state index in [9.17, 15) is 13.2 Å². The maximum absolute atomic E-state index is 12.3. The zero-order valence-electron chi connectivity index (χ0n) is 17.8. The Morgan fingerprint density at radius 2 is 1.82 bits per heavy atom. The number of carbonyl (C=O) groups excluding carboxylic acids is 1. The molecule has 0 radical (unpaired) electrons. The van der Waals surface area contributed by atoms with Gasteiger partial charge in [0.25, 0.3) is 0 Å². The van der Waals surface area contributed by atoms with E-state index in [2.05, 4.69) is 15.6 Å². The van der Waals surface area contributed by atoms with E-state index in [0.29, 0.717) is 40.1 Å². The molecule has 11 heteroatoms. The number of fused-ring (bicyclic) bond motifs is 1. The minimum atomic E-state index is -3.61.